The Kier molecular flexibility index (Phi) is 5.10. The molecule has 0 bridgehead atoms. The van der Waals surface area contributed by atoms with Gasteiger partial charge in [0.05, 0.1) is 0 Å². The summed E-state index contributed by atoms with van der Waals surface area (Å²) in [5.74, 6) is -2.21. The molecule has 1 atom stereocenters. The summed E-state index contributed by atoms with van der Waals surface area (Å²) in [5.41, 5.74) is -0.462. The van der Waals surface area contributed by atoms with Crippen molar-refractivity contribution >= 4 is 21.8 Å². The van der Waals surface area contributed by atoms with E-state index >= 15 is 0 Å². The van der Waals surface area contributed by atoms with E-state index in [1.54, 1.807) is 11.9 Å². The van der Waals surface area contributed by atoms with Gasteiger partial charge in [0, 0.05) is 23.6 Å². The lowest BCUT2D eigenvalue weighted by molar-refractivity contribution is 0.0605. The minimum atomic E-state index is -0.823. The number of hydrogen-bond acceptors (Lipinski definition) is 2. The molecule has 1 aromatic rings. The molecule has 1 fully saturated rings. The summed E-state index contributed by atoms with van der Waals surface area (Å²) in [6.45, 7) is 1.17. The van der Waals surface area contributed by atoms with Gasteiger partial charge in [-0.1, -0.05) is 15.9 Å². The second-order valence-electron chi connectivity index (χ2n) is 4.95. The van der Waals surface area contributed by atoms with Crippen LogP contribution in [0.1, 0.15) is 29.6 Å². The molecule has 0 saturated carbocycles. The van der Waals surface area contributed by atoms with Crippen molar-refractivity contribution in [2.24, 2.45) is 0 Å². The number of carbonyl (C=O) groups excluding carboxylic acids is 1. The summed E-state index contributed by atoms with van der Waals surface area (Å²) in [4.78, 5) is 14.0. The van der Waals surface area contributed by atoms with Crippen LogP contribution in [0, 0.1) is 11.6 Å². The van der Waals surface area contributed by atoms with Crippen LogP contribution >= 0.6 is 15.9 Å². The minimum absolute atomic E-state index is 0.0105. The molecule has 20 heavy (non-hydrogen) atoms. The van der Waals surface area contributed by atoms with Crippen LogP contribution in [0.2, 0.25) is 0 Å². The normalized spacial score (nSPS) is 19.2. The molecule has 0 aliphatic carbocycles. The van der Waals surface area contributed by atoms with E-state index in [1.165, 1.54) is 0 Å². The van der Waals surface area contributed by atoms with Gasteiger partial charge in [-0.25, -0.2) is 8.78 Å². The van der Waals surface area contributed by atoms with Crippen molar-refractivity contribution in [2.75, 3.05) is 20.1 Å². The van der Waals surface area contributed by atoms with Crippen LogP contribution in [0.3, 0.4) is 0 Å². The van der Waals surface area contributed by atoms with Crippen molar-refractivity contribution in [2.45, 2.75) is 25.3 Å². The summed E-state index contributed by atoms with van der Waals surface area (Å²) in [6.07, 6.45) is 2.75. The Labute approximate surface area is 125 Å². The number of hydrogen-bond donors (Lipinski definition) is 1. The Morgan fingerprint density at radius 2 is 2.05 bits per heavy atom. The average molecular weight is 347 g/mol. The van der Waals surface area contributed by atoms with Crippen LogP contribution in [0.5, 0.6) is 0 Å². The fourth-order valence-corrected chi connectivity index (χ4v) is 3.01. The first-order valence-corrected chi connectivity index (χ1v) is 7.44. The summed E-state index contributed by atoms with van der Waals surface area (Å²) in [6, 6.07) is 2.23. The Morgan fingerprint density at radius 1 is 1.40 bits per heavy atom. The lowest BCUT2D eigenvalue weighted by Gasteiger charge is -2.36. The second-order valence-corrected chi connectivity index (χ2v) is 5.87. The zero-order valence-corrected chi connectivity index (χ0v) is 12.8. The Bertz CT molecular complexity index is 485. The summed E-state index contributed by atoms with van der Waals surface area (Å²) >= 11 is 3.01. The smallest absolute Gasteiger partial charge is 0.260 e. The van der Waals surface area contributed by atoms with Gasteiger partial charge in [0.25, 0.3) is 5.91 Å². The Hall–Kier alpha value is -1.01. The van der Waals surface area contributed by atoms with E-state index in [0.717, 1.165) is 31.4 Å². The molecule has 0 spiro atoms. The molecule has 1 aliphatic rings. The van der Waals surface area contributed by atoms with Crippen LogP contribution in [0.25, 0.3) is 0 Å². The van der Waals surface area contributed by atoms with Gasteiger partial charge in [0.2, 0.25) is 0 Å². The lowest BCUT2D eigenvalue weighted by atomic mass is 10.0. The first-order valence-electron chi connectivity index (χ1n) is 6.64. The standard InChI is InChI=1S/C14H17BrF2N2O/c1-18-8-10-4-2-3-5-19(10)14(20)13-11(16)6-9(15)7-12(13)17/h6-7,10,18H,2-5,8H2,1H3. The number of carbonyl (C=O) groups is 1. The van der Waals surface area contributed by atoms with Crippen molar-refractivity contribution in [1.82, 2.24) is 10.2 Å². The number of rotatable bonds is 3. The number of halogens is 3. The van der Waals surface area contributed by atoms with Crippen molar-refractivity contribution in [3.05, 3.63) is 33.8 Å². The number of nitrogens with zero attached hydrogens (tertiary/aromatic N) is 1. The zero-order valence-electron chi connectivity index (χ0n) is 11.3. The largest absolute Gasteiger partial charge is 0.334 e. The maximum absolute atomic E-state index is 13.9. The molecule has 6 heteroatoms. The predicted molar refractivity (Wildman–Crippen MR) is 76.7 cm³/mol. The highest BCUT2D eigenvalue weighted by Crippen LogP contribution is 2.24. The van der Waals surface area contributed by atoms with Crippen LogP contribution in [0.15, 0.2) is 16.6 Å². The topological polar surface area (TPSA) is 32.3 Å². The zero-order chi connectivity index (χ0) is 14.7. The number of benzene rings is 1. The predicted octanol–water partition coefficient (Wildman–Crippen LogP) is 2.94. The molecule has 0 aromatic heterocycles. The lowest BCUT2D eigenvalue weighted by Crippen LogP contribution is -2.48. The van der Waals surface area contributed by atoms with Gasteiger partial charge in [-0.2, -0.15) is 0 Å². The monoisotopic (exact) mass is 346 g/mol. The molecule has 1 heterocycles. The van der Waals surface area contributed by atoms with Crippen LogP contribution < -0.4 is 5.32 Å². The van der Waals surface area contributed by atoms with Crippen LogP contribution in [-0.4, -0.2) is 37.0 Å². The van der Waals surface area contributed by atoms with Gasteiger partial charge in [0.1, 0.15) is 17.2 Å². The van der Waals surface area contributed by atoms with Crippen molar-refractivity contribution < 1.29 is 13.6 Å². The number of likely N-dealkylation sites (N-methyl/N-ethyl adjacent to an activating group) is 1. The molecule has 1 aliphatic heterocycles. The highest BCUT2D eigenvalue weighted by atomic mass is 79.9. The van der Waals surface area contributed by atoms with Gasteiger partial charge in [-0.3, -0.25) is 4.79 Å². The molecule has 3 nitrogen and oxygen atoms in total. The van der Waals surface area contributed by atoms with E-state index in [1.807, 2.05) is 0 Å². The fraction of sp³-hybridized carbons (Fsp3) is 0.500. The molecule has 1 N–H and O–H groups in total. The van der Waals surface area contributed by atoms with Gasteiger partial charge in [0.15, 0.2) is 0 Å². The number of nitrogens with one attached hydrogen (secondary N) is 1. The van der Waals surface area contributed by atoms with E-state index in [-0.39, 0.29) is 10.5 Å². The van der Waals surface area contributed by atoms with Crippen molar-refractivity contribution in [1.29, 1.82) is 0 Å². The quantitative estimate of drug-likeness (QED) is 0.912. The van der Waals surface area contributed by atoms with E-state index < -0.39 is 23.1 Å². The number of piperidine rings is 1. The van der Waals surface area contributed by atoms with Crippen molar-refractivity contribution in [3.63, 3.8) is 0 Å². The van der Waals surface area contributed by atoms with Crippen molar-refractivity contribution in [3.8, 4) is 0 Å². The maximum atomic E-state index is 13.9. The average Bonchev–Trinajstić information content (AvgIpc) is 2.38. The molecule has 110 valence electrons. The molecule has 1 saturated heterocycles. The first-order chi connectivity index (χ1) is 9.54. The number of amides is 1. The van der Waals surface area contributed by atoms with E-state index in [9.17, 15) is 13.6 Å². The van der Waals surface area contributed by atoms with Gasteiger partial charge >= 0.3 is 0 Å². The summed E-state index contributed by atoms with van der Waals surface area (Å²) in [7, 11) is 1.80. The molecule has 2 rings (SSSR count). The van der Waals surface area contributed by atoms with E-state index in [4.69, 9.17) is 0 Å². The highest BCUT2D eigenvalue weighted by molar-refractivity contribution is 9.10. The fourth-order valence-electron chi connectivity index (χ4n) is 2.61. The van der Waals surface area contributed by atoms with Gasteiger partial charge in [-0.15, -0.1) is 0 Å². The molecule has 1 amide bonds. The maximum Gasteiger partial charge on any atom is 0.260 e. The summed E-state index contributed by atoms with van der Waals surface area (Å²) < 4.78 is 28.1. The minimum Gasteiger partial charge on any atom is -0.334 e. The van der Waals surface area contributed by atoms with E-state index in [2.05, 4.69) is 21.2 Å². The Morgan fingerprint density at radius 3 is 2.65 bits per heavy atom. The van der Waals surface area contributed by atoms with Gasteiger partial charge < -0.3 is 10.2 Å². The molecular weight excluding hydrogens is 330 g/mol. The van der Waals surface area contributed by atoms with E-state index in [0.29, 0.717) is 13.1 Å². The second kappa shape index (κ2) is 6.63. The molecule has 1 unspecified atom stereocenters. The van der Waals surface area contributed by atoms with Gasteiger partial charge in [-0.05, 0) is 38.4 Å². The molecular formula is C14H17BrF2N2O. The molecule has 0 radical (unpaired) electrons. The third-order valence-corrected chi connectivity index (χ3v) is 4.01. The first kappa shape index (κ1) is 15.4. The highest BCUT2D eigenvalue weighted by Gasteiger charge is 2.30. The third kappa shape index (κ3) is 3.17. The third-order valence-electron chi connectivity index (χ3n) is 3.55. The van der Waals surface area contributed by atoms with Crippen LogP contribution in [-0.2, 0) is 0 Å². The SMILES string of the molecule is CNCC1CCCCN1C(=O)c1c(F)cc(Br)cc1F. The number of likely N-dealkylation sites (tertiary alicyclic amines) is 1. The Balaban J connectivity index is 2.30. The summed E-state index contributed by atoms with van der Waals surface area (Å²) in [5, 5.41) is 3.02. The molecule has 1 aromatic carbocycles. The van der Waals surface area contributed by atoms with Crippen LogP contribution in [0.4, 0.5) is 8.78 Å².